The molecule has 9 heteroatoms. The van der Waals surface area contributed by atoms with Gasteiger partial charge in [0.1, 0.15) is 5.82 Å². The molecule has 0 spiro atoms. The molecular weight excluding hydrogens is 455 g/mol. The van der Waals surface area contributed by atoms with Crippen molar-refractivity contribution in [3.8, 4) is 23.0 Å². The lowest BCUT2D eigenvalue weighted by Crippen LogP contribution is -2.19. The van der Waals surface area contributed by atoms with Gasteiger partial charge in [0.2, 0.25) is 5.91 Å². The maximum Gasteiger partial charge on any atom is 0.343 e. The number of hydrazone groups is 1. The van der Waals surface area contributed by atoms with Crippen LogP contribution in [0.4, 0.5) is 4.39 Å². The van der Waals surface area contributed by atoms with Crippen molar-refractivity contribution < 1.29 is 32.9 Å². The first-order valence-corrected chi connectivity index (χ1v) is 10.7. The van der Waals surface area contributed by atoms with Gasteiger partial charge in [0.05, 0.1) is 39.0 Å². The van der Waals surface area contributed by atoms with E-state index in [4.69, 9.17) is 18.9 Å². The van der Waals surface area contributed by atoms with E-state index in [2.05, 4.69) is 10.5 Å². The summed E-state index contributed by atoms with van der Waals surface area (Å²) in [4.78, 5) is 24.6. The van der Waals surface area contributed by atoms with Crippen molar-refractivity contribution in [2.24, 2.45) is 5.10 Å². The summed E-state index contributed by atoms with van der Waals surface area (Å²) >= 11 is 0. The molecule has 3 aromatic rings. The Kier molecular flexibility index (Phi) is 8.77. The number of hydrogen-bond acceptors (Lipinski definition) is 7. The standard InChI is InChI=1S/C26H25FN2O6/c1-4-34-24-14-18(6-12-22(24)35-26(31)19-7-9-20(27)10-8-19)16-28-29-25(30)15-17-5-11-21(32-2)23(13-17)33-3/h5-14,16H,4,15H2,1-3H3,(H,29,30). The molecule has 0 aliphatic rings. The second kappa shape index (κ2) is 12.2. The van der Waals surface area contributed by atoms with Gasteiger partial charge >= 0.3 is 5.97 Å². The average Bonchev–Trinajstić information content (AvgIpc) is 2.86. The van der Waals surface area contributed by atoms with Gasteiger partial charge in [-0.05, 0) is 72.6 Å². The van der Waals surface area contributed by atoms with E-state index in [0.717, 1.165) is 5.56 Å². The Labute approximate surface area is 202 Å². The number of carbonyl (C=O) groups is 2. The highest BCUT2D eigenvalue weighted by Gasteiger charge is 2.13. The molecule has 0 unspecified atom stereocenters. The highest BCUT2D eigenvalue weighted by molar-refractivity contribution is 5.91. The van der Waals surface area contributed by atoms with Crippen LogP contribution in [0.15, 0.2) is 65.8 Å². The SMILES string of the molecule is CCOc1cc(C=NNC(=O)Cc2ccc(OC)c(OC)c2)ccc1OC(=O)c1ccc(F)cc1. The Morgan fingerprint density at radius 1 is 0.914 bits per heavy atom. The molecule has 0 radical (unpaired) electrons. The van der Waals surface area contributed by atoms with E-state index >= 15 is 0 Å². The molecule has 0 saturated heterocycles. The monoisotopic (exact) mass is 480 g/mol. The molecule has 0 fully saturated rings. The van der Waals surface area contributed by atoms with Crippen LogP contribution in [0.1, 0.15) is 28.4 Å². The summed E-state index contributed by atoms with van der Waals surface area (Å²) in [6, 6.07) is 15.1. The number of ether oxygens (including phenoxy) is 4. The number of carbonyl (C=O) groups excluding carboxylic acids is 2. The largest absolute Gasteiger partial charge is 0.493 e. The lowest BCUT2D eigenvalue weighted by Gasteiger charge is -2.11. The third-order valence-corrected chi connectivity index (χ3v) is 4.77. The van der Waals surface area contributed by atoms with Gasteiger partial charge in [-0.3, -0.25) is 4.79 Å². The number of amides is 1. The first-order valence-electron chi connectivity index (χ1n) is 10.7. The maximum absolute atomic E-state index is 13.1. The smallest absolute Gasteiger partial charge is 0.343 e. The van der Waals surface area contributed by atoms with E-state index in [9.17, 15) is 14.0 Å². The second-order valence-electron chi connectivity index (χ2n) is 7.19. The first-order chi connectivity index (χ1) is 16.9. The van der Waals surface area contributed by atoms with Gasteiger partial charge in [0.25, 0.3) is 0 Å². The zero-order valence-corrected chi connectivity index (χ0v) is 19.5. The Balaban J connectivity index is 1.63. The fourth-order valence-electron chi connectivity index (χ4n) is 3.10. The van der Waals surface area contributed by atoms with E-state index in [1.54, 1.807) is 43.3 Å². The number of halogens is 1. The van der Waals surface area contributed by atoms with Gasteiger partial charge in [-0.2, -0.15) is 5.10 Å². The van der Waals surface area contributed by atoms with Crippen molar-refractivity contribution in [3.63, 3.8) is 0 Å². The van der Waals surface area contributed by atoms with Gasteiger partial charge in [0.15, 0.2) is 23.0 Å². The summed E-state index contributed by atoms with van der Waals surface area (Å²) in [6.45, 7) is 2.13. The molecule has 0 aliphatic heterocycles. The van der Waals surface area contributed by atoms with E-state index < -0.39 is 11.8 Å². The van der Waals surface area contributed by atoms with E-state index in [1.165, 1.54) is 44.7 Å². The molecule has 3 rings (SSSR count). The minimum absolute atomic E-state index is 0.0974. The highest BCUT2D eigenvalue weighted by atomic mass is 19.1. The summed E-state index contributed by atoms with van der Waals surface area (Å²) in [5.74, 6) is 0.227. The molecule has 182 valence electrons. The zero-order chi connectivity index (χ0) is 25.2. The third-order valence-electron chi connectivity index (χ3n) is 4.77. The van der Waals surface area contributed by atoms with E-state index in [1.807, 2.05) is 0 Å². The van der Waals surface area contributed by atoms with Crippen LogP contribution in [0.3, 0.4) is 0 Å². The van der Waals surface area contributed by atoms with Crippen LogP contribution in [-0.4, -0.2) is 38.9 Å². The predicted octanol–water partition coefficient (Wildman–Crippen LogP) is 4.15. The van der Waals surface area contributed by atoms with E-state index in [0.29, 0.717) is 29.4 Å². The van der Waals surface area contributed by atoms with Gasteiger partial charge in [0, 0.05) is 0 Å². The quantitative estimate of drug-likeness (QED) is 0.203. The van der Waals surface area contributed by atoms with Crippen molar-refractivity contribution in [2.45, 2.75) is 13.3 Å². The summed E-state index contributed by atoms with van der Waals surface area (Å²) in [6.07, 6.45) is 1.54. The Morgan fingerprint density at radius 2 is 1.63 bits per heavy atom. The molecule has 0 heterocycles. The third kappa shape index (κ3) is 7.04. The molecule has 0 aromatic heterocycles. The minimum Gasteiger partial charge on any atom is -0.493 e. The molecule has 8 nitrogen and oxygen atoms in total. The summed E-state index contributed by atoms with van der Waals surface area (Å²) < 4.78 is 34.5. The maximum atomic E-state index is 13.1. The van der Waals surface area contributed by atoms with Crippen LogP contribution in [0.5, 0.6) is 23.0 Å². The van der Waals surface area contributed by atoms with E-state index in [-0.39, 0.29) is 23.6 Å². The highest BCUT2D eigenvalue weighted by Crippen LogP contribution is 2.29. The number of benzene rings is 3. The number of esters is 1. The second-order valence-corrected chi connectivity index (χ2v) is 7.19. The molecule has 0 aliphatic carbocycles. The van der Waals surface area contributed by atoms with Crippen LogP contribution in [0.2, 0.25) is 0 Å². The lowest BCUT2D eigenvalue weighted by atomic mass is 10.1. The minimum atomic E-state index is -0.644. The Hall–Kier alpha value is -4.40. The molecule has 1 amide bonds. The Morgan fingerprint density at radius 3 is 2.31 bits per heavy atom. The number of hydrogen-bond donors (Lipinski definition) is 1. The van der Waals surface area contributed by atoms with Gasteiger partial charge in [-0.1, -0.05) is 6.07 Å². The topological polar surface area (TPSA) is 95.5 Å². The van der Waals surface area contributed by atoms with Crippen LogP contribution >= 0.6 is 0 Å². The first kappa shape index (κ1) is 25.2. The van der Waals surface area contributed by atoms with Crippen molar-refractivity contribution in [2.75, 3.05) is 20.8 Å². The predicted molar refractivity (Wildman–Crippen MR) is 128 cm³/mol. The zero-order valence-electron chi connectivity index (χ0n) is 19.5. The number of rotatable bonds is 10. The molecule has 0 saturated carbocycles. The fraction of sp³-hybridized carbons (Fsp3) is 0.192. The summed E-state index contributed by atoms with van der Waals surface area (Å²) in [7, 11) is 3.06. The van der Waals surface area contributed by atoms with Crippen molar-refractivity contribution >= 4 is 18.1 Å². The van der Waals surface area contributed by atoms with Gasteiger partial charge in [-0.15, -0.1) is 0 Å². The van der Waals surface area contributed by atoms with Crippen LogP contribution in [-0.2, 0) is 11.2 Å². The van der Waals surface area contributed by atoms with Crippen molar-refractivity contribution in [1.82, 2.24) is 5.43 Å². The summed E-state index contributed by atoms with van der Waals surface area (Å²) in [5.41, 5.74) is 4.03. The van der Waals surface area contributed by atoms with Crippen molar-refractivity contribution in [3.05, 3.63) is 83.2 Å². The average molecular weight is 480 g/mol. The Bertz CT molecular complexity index is 1210. The van der Waals surface area contributed by atoms with Crippen LogP contribution in [0, 0.1) is 5.82 Å². The molecule has 35 heavy (non-hydrogen) atoms. The molecule has 1 N–H and O–H groups in total. The van der Waals surface area contributed by atoms with Crippen LogP contribution in [0.25, 0.3) is 0 Å². The lowest BCUT2D eigenvalue weighted by molar-refractivity contribution is -0.120. The molecule has 0 bridgehead atoms. The normalized spacial score (nSPS) is 10.6. The van der Waals surface area contributed by atoms with Gasteiger partial charge < -0.3 is 18.9 Å². The van der Waals surface area contributed by atoms with Crippen LogP contribution < -0.4 is 24.4 Å². The molecular formula is C26H25FN2O6. The fourth-order valence-corrected chi connectivity index (χ4v) is 3.10. The number of nitrogens with zero attached hydrogens (tertiary/aromatic N) is 1. The molecule has 0 atom stereocenters. The van der Waals surface area contributed by atoms with Gasteiger partial charge in [-0.25, -0.2) is 14.6 Å². The number of methoxy groups -OCH3 is 2. The number of nitrogens with one attached hydrogen (secondary N) is 1. The van der Waals surface area contributed by atoms with Crippen molar-refractivity contribution in [1.29, 1.82) is 0 Å². The molecule has 3 aromatic carbocycles. The summed E-state index contributed by atoms with van der Waals surface area (Å²) in [5, 5.41) is 3.98.